The molecule has 0 N–H and O–H groups in total. The highest BCUT2D eigenvalue weighted by Crippen LogP contribution is 2.23. The topological polar surface area (TPSA) is 51.6 Å². The second-order valence-electron chi connectivity index (χ2n) is 3.47. The maximum atomic E-state index is 6.11. The van der Waals surface area contributed by atoms with E-state index in [-0.39, 0.29) is 0 Å². The van der Waals surface area contributed by atoms with Crippen LogP contribution >= 0.6 is 11.6 Å². The third-order valence-corrected chi connectivity index (χ3v) is 2.68. The number of hydrogen-bond acceptors (Lipinski definition) is 4. The first-order valence-electron chi connectivity index (χ1n) is 5.02. The zero-order valence-corrected chi connectivity index (χ0v) is 9.46. The lowest BCUT2D eigenvalue weighted by molar-refractivity contribution is 1.20. The molecule has 82 valence electrons. The Morgan fingerprint density at radius 3 is 2.47 bits per heavy atom. The van der Waals surface area contributed by atoms with Gasteiger partial charge in [0.1, 0.15) is 5.15 Å². The molecule has 3 aromatic rings. The van der Waals surface area contributed by atoms with Crippen molar-refractivity contribution in [1.82, 2.24) is 19.9 Å². The average Bonchev–Trinajstić information content (AvgIpc) is 2.40. The van der Waals surface area contributed by atoms with Crippen molar-refractivity contribution in [1.29, 1.82) is 0 Å². The summed E-state index contributed by atoms with van der Waals surface area (Å²) < 4.78 is 0. The molecule has 0 atom stereocenters. The first-order chi connectivity index (χ1) is 8.34. The lowest BCUT2D eigenvalue weighted by atomic mass is 10.2. The molecule has 0 saturated carbocycles. The van der Waals surface area contributed by atoms with Crippen molar-refractivity contribution in [2.24, 2.45) is 0 Å². The van der Waals surface area contributed by atoms with Crippen molar-refractivity contribution >= 4 is 22.5 Å². The van der Waals surface area contributed by atoms with E-state index in [1.54, 1.807) is 24.8 Å². The van der Waals surface area contributed by atoms with Crippen LogP contribution in [0, 0.1) is 0 Å². The van der Waals surface area contributed by atoms with E-state index in [4.69, 9.17) is 11.6 Å². The minimum absolute atomic E-state index is 0.412. The van der Waals surface area contributed by atoms with E-state index in [9.17, 15) is 0 Å². The van der Waals surface area contributed by atoms with Crippen LogP contribution in [0.25, 0.3) is 22.3 Å². The fourth-order valence-corrected chi connectivity index (χ4v) is 1.79. The summed E-state index contributed by atoms with van der Waals surface area (Å²) in [5.41, 5.74) is 1.67. The molecule has 3 aromatic heterocycles. The minimum atomic E-state index is 0.412. The molecule has 0 aliphatic carbocycles. The minimum Gasteiger partial charge on any atom is -0.265 e. The Labute approximate surface area is 102 Å². The molecule has 17 heavy (non-hydrogen) atoms. The highest BCUT2D eigenvalue weighted by Gasteiger charge is 2.07. The van der Waals surface area contributed by atoms with E-state index in [0.717, 1.165) is 16.5 Å². The van der Waals surface area contributed by atoms with Gasteiger partial charge < -0.3 is 0 Å². The van der Waals surface area contributed by atoms with Gasteiger partial charge in [-0.3, -0.25) is 9.97 Å². The molecule has 0 aliphatic rings. The normalized spacial score (nSPS) is 10.6. The van der Waals surface area contributed by atoms with Gasteiger partial charge in [-0.1, -0.05) is 11.6 Å². The average molecular weight is 243 g/mol. The number of halogens is 1. The molecule has 0 saturated heterocycles. The third kappa shape index (κ3) is 1.83. The van der Waals surface area contributed by atoms with E-state index in [1.807, 2.05) is 18.2 Å². The van der Waals surface area contributed by atoms with Crippen molar-refractivity contribution < 1.29 is 0 Å². The SMILES string of the molecule is Clc1nc(-c2ccncc2)nc2ccncc12. The first-order valence-corrected chi connectivity index (χ1v) is 5.40. The van der Waals surface area contributed by atoms with Crippen LogP contribution in [0.4, 0.5) is 0 Å². The van der Waals surface area contributed by atoms with Crippen LogP contribution in [0.5, 0.6) is 0 Å². The van der Waals surface area contributed by atoms with Crippen molar-refractivity contribution in [2.75, 3.05) is 0 Å². The number of hydrogen-bond donors (Lipinski definition) is 0. The summed E-state index contributed by atoms with van der Waals surface area (Å²) in [5.74, 6) is 0.594. The van der Waals surface area contributed by atoms with Crippen LogP contribution in [0.2, 0.25) is 5.15 Å². The monoisotopic (exact) mass is 242 g/mol. The van der Waals surface area contributed by atoms with Gasteiger partial charge in [-0.2, -0.15) is 0 Å². The van der Waals surface area contributed by atoms with Gasteiger partial charge in [-0.25, -0.2) is 9.97 Å². The summed E-state index contributed by atoms with van der Waals surface area (Å²) in [5, 5.41) is 1.17. The summed E-state index contributed by atoms with van der Waals surface area (Å²) >= 11 is 6.11. The Kier molecular flexibility index (Phi) is 2.42. The molecule has 0 aromatic carbocycles. The smallest absolute Gasteiger partial charge is 0.161 e. The summed E-state index contributed by atoms with van der Waals surface area (Å²) in [4.78, 5) is 16.7. The summed E-state index contributed by atoms with van der Waals surface area (Å²) in [7, 11) is 0. The molecule has 0 spiro atoms. The van der Waals surface area contributed by atoms with Crippen molar-refractivity contribution in [2.45, 2.75) is 0 Å². The molecule has 0 fully saturated rings. The van der Waals surface area contributed by atoms with Crippen LogP contribution in [0.1, 0.15) is 0 Å². The van der Waals surface area contributed by atoms with Crippen LogP contribution in [-0.2, 0) is 0 Å². The Morgan fingerprint density at radius 1 is 0.882 bits per heavy atom. The Hall–Kier alpha value is -2.07. The molecule has 4 nitrogen and oxygen atoms in total. The summed E-state index contributed by atoms with van der Waals surface area (Å²) in [6.07, 6.45) is 6.74. The summed E-state index contributed by atoms with van der Waals surface area (Å²) in [6.45, 7) is 0. The van der Waals surface area contributed by atoms with E-state index >= 15 is 0 Å². The quantitative estimate of drug-likeness (QED) is 0.616. The molecule has 0 bridgehead atoms. The number of rotatable bonds is 1. The molecule has 0 amide bonds. The largest absolute Gasteiger partial charge is 0.265 e. The highest BCUT2D eigenvalue weighted by atomic mass is 35.5. The maximum absolute atomic E-state index is 6.11. The third-order valence-electron chi connectivity index (χ3n) is 2.39. The maximum Gasteiger partial charge on any atom is 0.161 e. The Balaban J connectivity index is 2.26. The van der Waals surface area contributed by atoms with E-state index in [0.29, 0.717) is 11.0 Å². The standard InChI is InChI=1S/C12H7ClN4/c13-11-9-7-15-6-3-10(9)16-12(17-11)8-1-4-14-5-2-8/h1-7H. The van der Waals surface area contributed by atoms with Gasteiger partial charge >= 0.3 is 0 Å². The predicted molar refractivity (Wildman–Crippen MR) is 65.6 cm³/mol. The molecule has 0 aliphatic heterocycles. The highest BCUT2D eigenvalue weighted by molar-refractivity contribution is 6.34. The van der Waals surface area contributed by atoms with Gasteiger partial charge in [-0.15, -0.1) is 0 Å². The Morgan fingerprint density at radius 2 is 1.65 bits per heavy atom. The molecular formula is C12H7ClN4. The van der Waals surface area contributed by atoms with Crippen molar-refractivity contribution in [3.63, 3.8) is 0 Å². The number of aromatic nitrogens is 4. The second-order valence-corrected chi connectivity index (χ2v) is 3.82. The van der Waals surface area contributed by atoms with Crippen LogP contribution in [0.15, 0.2) is 43.0 Å². The molecule has 0 radical (unpaired) electrons. The van der Waals surface area contributed by atoms with Gasteiger partial charge in [0, 0.05) is 30.4 Å². The van der Waals surface area contributed by atoms with E-state index < -0.39 is 0 Å². The van der Waals surface area contributed by atoms with Gasteiger partial charge in [-0.05, 0) is 18.2 Å². The van der Waals surface area contributed by atoms with E-state index in [1.165, 1.54) is 0 Å². The lowest BCUT2D eigenvalue weighted by Crippen LogP contribution is -1.92. The zero-order valence-electron chi connectivity index (χ0n) is 8.71. The van der Waals surface area contributed by atoms with Crippen LogP contribution < -0.4 is 0 Å². The second kappa shape index (κ2) is 4.07. The van der Waals surface area contributed by atoms with E-state index in [2.05, 4.69) is 19.9 Å². The predicted octanol–water partition coefficient (Wildman–Crippen LogP) is 2.74. The van der Waals surface area contributed by atoms with Crippen LogP contribution in [0.3, 0.4) is 0 Å². The first kappa shape index (κ1) is 10.1. The Bertz CT molecular complexity index is 670. The van der Waals surface area contributed by atoms with Gasteiger partial charge in [0.2, 0.25) is 0 Å². The van der Waals surface area contributed by atoms with Crippen molar-refractivity contribution in [3.8, 4) is 11.4 Å². The zero-order chi connectivity index (χ0) is 11.7. The molecular weight excluding hydrogens is 236 g/mol. The van der Waals surface area contributed by atoms with Gasteiger partial charge in [0.05, 0.1) is 10.9 Å². The van der Waals surface area contributed by atoms with Crippen molar-refractivity contribution in [3.05, 3.63) is 48.1 Å². The van der Waals surface area contributed by atoms with Crippen LogP contribution in [-0.4, -0.2) is 19.9 Å². The van der Waals surface area contributed by atoms with Gasteiger partial charge in [0.15, 0.2) is 5.82 Å². The lowest BCUT2D eigenvalue weighted by Gasteiger charge is -2.03. The number of nitrogens with zero attached hydrogens (tertiary/aromatic N) is 4. The fraction of sp³-hybridized carbons (Fsp3) is 0. The van der Waals surface area contributed by atoms with Gasteiger partial charge in [0.25, 0.3) is 0 Å². The number of fused-ring (bicyclic) bond motifs is 1. The molecule has 3 heterocycles. The number of pyridine rings is 2. The summed E-state index contributed by atoms with van der Waals surface area (Å²) in [6, 6.07) is 5.50. The fourth-order valence-electron chi connectivity index (χ4n) is 1.57. The molecule has 5 heteroatoms. The molecule has 3 rings (SSSR count). The molecule has 0 unspecified atom stereocenters.